The van der Waals surface area contributed by atoms with Crippen molar-refractivity contribution < 1.29 is 14.7 Å². The first-order valence-corrected chi connectivity index (χ1v) is 6.95. The Morgan fingerprint density at radius 1 is 1.37 bits per heavy atom. The lowest BCUT2D eigenvalue weighted by Gasteiger charge is -2.21. The zero-order chi connectivity index (χ0) is 13.8. The van der Waals surface area contributed by atoms with Gasteiger partial charge in [-0.2, -0.15) is 0 Å². The monoisotopic (exact) mass is 269 g/mol. The summed E-state index contributed by atoms with van der Waals surface area (Å²) in [5.41, 5.74) is 0. The molecule has 0 bridgehead atoms. The lowest BCUT2D eigenvalue weighted by Crippen LogP contribution is -2.43. The van der Waals surface area contributed by atoms with Crippen LogP contribution in [0.4, 0.5) is 0 Å². The molecule has 1 atom stereocenters. The van der Waals surface area contributed by atoms with E-state index in [0.717, 1.165) is 32.4 Å². The molecule has 0 spiro atoms. The predicted octanol–water partition coefficient (Wildman–Crippen LogP) is -0.962. The van der Waals surface area contributed by atoms with Crippen LogP contribution in [0.15, 0.2) is 0 Å². The molecule has 1 heterocycles. The summed E-state index contributed by atoms with van der Waals surface area (Å²) < 4.78 is 0. The number of rotatable bonds is 6. The molecular weight excluding hydrogens is 246 g/mol. The Balaban J connectivity index is 1.68. The normalized spacial score (nSPS) is 23.4. The molecular formula is C13H23N3O3. The second-order valence-corrected chi connectivity index (χ2v) is 5.66. The van der Waals surface area contributed by atoms with Crippen LogP contribution in [0.25, 0.3) is 0 Å². The third-order valence-corrected chi connectivity index (χ3v) is 3.74. The van der Waals surface area contributed by atoms with Crippen LogP contribution in [0.2, 0.25) is 0 Å². The van der Waals surface area contributed by atoms with E-state index in [9.17, 15) is 9.59 Å². The van der Waals surface area contributed by atoms with Crippen molar-refractivity contribution in [2.75, 3.05) is 39.8 Å². The van der Waals surface area contributed by atoms with E-state index in [1.807, 2.05) is 4.90 Å². The van der Waals surface area contributed by atoms with Crippen molar-refractivity contribution in [2.45, 2.75) is 25.3 Å². The number of hydrogen-bond acceptors (Lipinski definition) is 4. The van der Waals surface area contributed by atoms with Gasteiger partial charge >= 0.3 is 0 Å². The van der Waals surface area contributed by atoms with Gasteiger partial charge in [-0.3, -0.25) is 14.5 Å². The second kappa shape index (κ2) is 6.34. The summed E-state index contributed by atoms with van der Waals surface area (Å²) in [4.78, 5) is 27.1. The van der Waals surface area contributed by atoms with Gasteiger partial charge < -0.3 is 15.3 Å². The number of nitrogens with one attached hydrogen (secondary N) is 1. The summed E-state index contributed by atoms with van der Waals surface area (Å²) in [7, 11) is 1.66. The van der Waals surface area contributed by atoms with Crippen molar-refractivity contribution in [1.29, 1.82) is 0 Å². The van der Waals surface area contributed by atoms with E-state index in [0.29, 0.717) is 12.6 Å². The number of nitrogens with zero attached hydrogens (tertiary/aromatic N) is 2. The van der Waals surface area contributed by atoms with Gasteiger partial charge in [0.15, 0.2) is 0 Å². The van der Waals surface area contributed by atoms with Gasteiger partial charge in [-0.25, -0.2) is 0 Å². The van der Waals surface area contributed by atoms with Crippen LogP contribution in [-0.4, -0.2) is 72.6 Å². The van der Waals surface area contributed by atoms with Gasteiger partial charge in [0.25, 0.3) is 0 Å². The zero-order valence-electron chi connectivity index (χ0n) is 11.5. The SMILES string of the molecule is CN(CC(=O)NC1CC1)C(=O)CN1CCC(CO)C1. The fourth-order valence-corrected chi connectivity index (χ4v) is 2.32. The van der Waals surface area contributed by atoms with Gasteiger partial charge in [0.2, 0.25) is 11.8 Å². The molecule has 2 amide bonds. The molecule has 2 rings (SSSR count). The third-order valence-electron chi connectivity index (χ3n) is 3.74. The maximum Gasteiger partial charge on any atom is 0.239 e. The average Bonchev–Trinajstić information content (AvgIpc) is 3.05. The van der Waals surface area contributed by atoms with E-state index in [1.165, 1.54) is 4.90 Å². The topological polar surface area (TPSA) is 72.9 Å². The number of hydrogen-bond donors (Lipinski definition) is 2. The van der Waals surface area contributed by atoms with E-state index >= 15 is 0 Å². The number of aliphatic hydroxyl groups excluding tert-OH is 1. The molecule has 2 fully saturated rings. The van der Waals surface area contributed by atoms with Crippen LogP contribution in [0.1, 0.15) is 19.3 Å². The highest BCUT2D eigenvalue weighted by Crippen LogP contribution is 2.18. The number of likely N-dealkylation sites (N-methyl/N-ethyl adjacent to an activating group) is 1. The summed E-state index contributed by atoms with van der Waals surface area (Å²) in [6.45, 7) is 2.27. The maximum absolute atomic E-state index is 12.0. The number of carbonyl (C=O) groups is 2. The molecule has 2 N–H and O–H groups in total. The van der Waals surface area contributed by atoms with Gasteiger partial charge in [-0.15, -0.1) is 0 Å². The Morgan fingerprint density at radius 2 is 2.11 bits per heavy atom. The zero-order valence-corrected chi connectivity index (χ0v) is 11.5. The molecule has 1 aliphatic heterocycles. The maximum atomic E-state index is 12.0. The van der Waals surface area contributed by atoms with Crippen molar-refractivity contribution in [1.82, 2.24) is 15.1 Å². The first-order valence-electron chi connectivity index (χ1n) is 6.95. The van der Waals surface area contributed by atoms with Crippen molar-refractivity contribution in [3.8, 4) is 0 Å². The molecule has 0 radical (unpaired) electrons. The minimum absolute atomic E-state index is 0.0375. The van der Waals surface area contributed by atoms with Crippen molar-refractivity contribution >= 4 is 11.8 Å². The van der Waals surface area contributed by atoms with Crippen LogP contribution in [-0.2, 0) is 9.59 Å². The molecule has 108 valence electrons. The minimum atomic E-state index is -0.0759. The standard InChI is InChI=1S/C13H23N3O3/c1-15(7-12(18)14-11-2-3-11)13(19)8-16-5-4-10(6-16)9-17/h10-11,17H,2-9H2,1H3,(H,14,18). The second-order valence-electron chi connectivity index (χ2n) is 5.66. The minimum Gasteiger partial charge on any atom is -0.396 e. The Morgan fingerprint density at radius 3 is 2.68 bits per heavy atom. The molecule has 6 heteroatoms. The molecule has 0 aromatic rings. The Kier molecular flexibility index (Phi) is 4.76. The smallest absolute Gasteiger partial charge is 0.239 e. The summed E-state index contributed by atoms with van der Waals surface area (Å²) >= 11 is 0. The highest BCUT2D eigenvalue weighted by Gasteiger charge is 2.26. The van der Waals surface area contributed by atoms with E-state index in [4.69, 9.17) is 5.11 Å². The molecule has 0 aromatic carbocycles. The van der Waals surface area contributed by atoms with E-state index in [-0.39, 0.29) is 30.9 Å². The number of aliphatic hydroxyl groups is 1. The number of likely N-dealkylation sites (tertiary alicyclic amines) is 1. The van der Waals surface area contributed by atoms with Gasteiger partial charge in [-0.05, 0) is 31.7 Å². The van der Waals surface area contributed by atoms with Crippen LogP contribution < -0.4 is 5.32 Å². The first kappa shape index (κ1) is 14.3. The number of amides is 2. The summed E-state index contributed by atoms with van der Waals surface area (Å²) in [5, 5.41) is 11.9. The summed E-state index contributed by atoms with van der Waals surface area (Å²) in [6.07, 6.45) is 3.05. The highest BCUT2D eigenvalue weighted by atomic mass is 16.3. The van der Waals surface area contributed by atoms with Crippen LogP contribution >= 0.6 is 0 Å². The molecule has 1 aliphatic carbocycles. The largest absolute Gasteiger partial charge is 0.396 e. The van der Waals surface area contributed by atoms with E-state index in [1.54, 1.807) is 7.05 Å². The lowest BCUT2D eigenvalue weighted by molar-refractivity contribution is -0.135. The first-order chi connectivity index (χ1) is 9.08. The highest BCUT2D eigenvalue weighted by molar-refractivity contribution is 5.85. The molecule has 2 aliphatic rings. The molecule has 0 aromatic heterocycles. The van der Waals surface area contributed by atoms with Crippen LogP contribution in [0.5, 0.6) is 0 Å². The Labute approximate surface area is 113 Å². The van der Waals surface area contributed by atoms with Crippen molar-refractivity contribution in [2.24, 2.45) is 5.92 Å². The van der Waals surface area contributed by atoms with Crippen molar-refractivity contribution in [3.63, 3.8) is 0 Å². The summed E-state index contributed by atoms with van der Waals surface area (Å²) in [5.74, 6) is 0.175. The van der Waals surface area contributed by atoms with Crippen LogP contribution in [0.3, 0.4) is 0 Å². The fraction of sp³-hybridized carbons (Fsp3) is 0.846. The summed E-state index contributed by atoms with van der Waals surface area (Å²) in [6, 6.07) is 0.333. The third kappa shape index (κ3) is 4.47. The van der Waals surface area contributed by atoms with E-state index in [2.05, 4.69) is 5.32 Å². The van der Waals surface area contributed by atoms with Gasteiger partial charge in [0.1, 0.15) is 0 Å². The molecule has 19 heavy (non-hydrogen) atoms. The molecule has 1 saturated heterocycles. The van der Waals surface area contributed by atoms with Crippen molar-refractivity contribution in [3.05, 3.63) is 0 Å². The predicted molar refractivity (Wildman–Crippen MR) is 70.4 cm³/mol. The number of carbonyl (C=O) groups excluding carboxylic acids is 2. The molecule has 1 saturated carbocycles. The Bertz CT molecular complexity index is 344. The Hall–Kier alpha value is -1.14. The van der Waals surface area contributed by atoms with Crippen LogP contribution in [0, 0.1) is 5.92 Å². The quantitative estimate of drug-likeness (QED) is 0.651. The van der Waals surface area contributed by atoms with E-state index < -0.39 is 0 Å². The molecule has 1 unspecified atom stereocenters. The molecule has 6 nitrogen and oxygen atoms in total. The lowest BCUT2D eigenvalue weighted by atomic mass is 10.1. The van der Waals surface area contributed by atoms with Gasteiger partial charge in [0, 0.05) is 26.2 Å². The fourth-order valence-electron chi connectivity index (χ4n) is 2.32. The van der Waals surface area contributed by atoms with Gasteiger partial charge in [0.05, 0.1) is 13.1 Å². The van der Waals surface area contributed by atoms with Gasteiger partial charge in [-0.1, -0.05) is 0 Å². The average molecular weight is 269 g/mol.